The number of halogens is 1. The molecule has 0 aliphatic carbocycles. The van der Waals surface area contributed by atoms with Crippen molar-refractivity contribution in [3.63, 3.8) is 0 Å². The monoisotopic (exact) mass is 256 g/mol. The van der Waals surface area contributed by atoms with Gasteiger partial charge in [0.1, 0.15) is 6.54 Å². The highest BCUT2D eigenvalue weighted by Crippen LogP contribution is 2.17. The van der Waals surface area contributed by atoms with Gasteiger partial charge >= 0.3 is 12.0 Å². The maximum Gasteiger partial charge on any atom is 0.323 e. The predicted molar refractivity (Wildman–Crippen MR) is 60.8 cm³/mol. The largest absolute Gasteiger partial charge is 0.494 e. The number of carboxylic acids is 1. The molecule has 98 valence electrons. The second-order valence-electron chi connectivity index (χ2n) is 3.40. The lowest BCUT2D eigenvalue weighted by Crippen LogP contribution is -2.38. The molecule has 0 unspecified atom stereocenters. The van der Waals surface area contributed by atoms with Crippen molar-refractivity contribution in [2.75, 3.05) is 13.7 Å². The van der Waals surface area contributed by atoms with Crippen molar-refractivity contribution < 1.29 is 23.8 Å². The van der Waals surface area contributed by atoms with E-state index in [1.54, 1.807) is 6.07 Å². The van der Waals surface area contributed by atoms with Gasteiger partial charge in [0.15, 0.2) is 11.6 Å². The van der Waals surface area contributed by atoms with Crippen LogP contribution in [0.3, 0.4) is 0 Å². The molecule has 0 aliphatic rings. The molecule has 0 heterocycles. The summed E-state index contributed by atoms with van der Waals surface area (Å²) in [7, 11) is 1.36. The Kier molecular flexibility index (Phi) is 4.91. The minimum absolute atomic E-state index is 0.0896. The Morgan fingerprint density at radius 2 is 2.11 bits per heavy atom. The number of carboxylic acid groups (broad SMARTS) is 1. The van der Waals surface area contributed by atoms with E-state index >= 15 is 0 Å². The van der Waals surface area contributed by atoms with Gasteiger partial charge in [-0.05, 0) is 17.7 Å². The first-order valence-electron chi connectivity index (χ1n) is 5.09. The third kappa shape index (κ3) is 4.28. The Labute approximate surface area is 103 Å². The number of carbonyl (C=O) groups excluding carboxylic acids is 1. The van der Waals surface area contributed by atoms with E-state index in [2.05, 4.69) is 10.6 Å². The van der Waals surface area contributed by atoms with Crippen LogP contribution in [0.5, 0.6) is 5.75 Å². The molecule has 7 heteroatoms. The van der Waals surface area contributed by atoms with Crippen molar-refractivity contribution in [1.29, 1.82) is 0 Å². The lowest BCUT2D eigenvalue weighted by Gasteiger charge is -2.07. The highest BCUT2D eigenvalue weighted by Gasteiger charge is 2.06. The molecule has 3 N–H and O–H groups in total. The minimum Gasteiger partial charge on any atom is -0.494 e. The second-order valence-corrected chi connectivity index (χ2v) is 3.40. The van der Waals surface area contributed by atoms with Gasteiger partial charge in [0.05, 0.1) is 7.11 Å². The number of nitrogens with one attached hydrogen (secondary N) is 2. The lowest BCUT2D eigenvalue weighted by atomic mass is 10.2. The van der Waals surface area contributed by atoms with E-state index in [1.165, 1.54) is 19.2 Å². The minimum atomic E-state index is -1.14. The predicted octanol–water partition coefficient (Wildman–Crippen LogP) is 0.718. The van der Waals surface area contributed by atoms with Gasteiger partial charge in [0.25, 0.3) is 0 Å². The van der Waals surface area contributed by atoms with Crippen LogP contribution in [0.15, 0.2) is 18.2 Å². The van der Waals surface area contributed by atoms with E-state index in [1.807, 2.05) is 0 Å². The van der Waals surface area contributed by atoms with Crippen LogP contribution in [0, 0.1) is 5.82 Å². The average Bonchev–Trinajstić information content (AvgIpc) is 2.34. The summed E-state index contributed by atoms with van der Waals surface area (Å²) < 4.78 is 18.0. The molecule has 6 nitrogen and oxygen atoms in total. The van der Waals surface area contributed by atoms with E-state index in [4.69, 9.17) is 9.84 Å². The molecule has 0 aliphatic heterocycles. The van der Waals surface area contributed by atoms with Crippen molar-refractivity contribution in [3.05, 3.63) is 29.6 Å². The SMILES string of the molecule is COc1ccc(CNC(=O)NCC(=O)O)cc1F. The van der Waals surface area contributed by atoms with Crippen molar-refractivity contribution >= 4 is 12.0 Å². The van der Waals surface area contributed by atoms with Crippen LogP contribution < -0.4 is 15.4 Å². The lowest BCUT2D eigenvalue weighted by molar-refractivity contribution is -0.135. The Hall–Kier alpha value is -2.31. The molecule has 18 heavy (non-hydrogen) atoms. The molecule has 0 atom stereocenters. The third-order valence-corrected chi connectivity index (χ3v) is 2.07. The maximum atomic E-state index is 13.3. The second kappa shape index (κ2) is 6.43. The molecule has 0 fully saturated rings. The van der Waals surface area contributed by atoms with Gasteiger partial charge in [-0.3, -0.25) is 4.79 Å². The summed E-state index contributed by atoms with van der Waals surface area (Å²) in [4.78, 5) is 21.3. The van der Waals surface area contributed by atoms with Crippen molar-refractivity contribution in [2.45, 2.75) is 6.54 Å². The van der Waals surface area contributed by atoms with E-state index < -0.39 is 24.4 Å². The summed E-state index contributed by atoms with van der Waals surface area (Å²) in [5.41, 5.74) is 0.541. The summed E-state index contributed by atoms with van der Waals surface area (Å²) >= 11 is 0. The highest BCUT2D eigenvalue weighted by atomic mass is 19.1. The Balaban J connectivity index is 2.46. The highest BCUT2D eigenvalue weighted by molar-refractivity contribution is 5.79. The number of methoxy groups -OCH3 is 1. The topological polar surface area (TPSA) is 87.7 Å². The average molecular weight is 256 g/mol. The van der Waals surface area contributed by atoms with Crippen LogP contribution in [0.4, 0.5) is 9.18 Å². The van der Waals surface area contributed by atoms with Crippen LogP contribution in [0.25, 0.3) is 0 Å². The summed E-state index contributed by atoms with van der Waals surface area (Å²) in [6.45, 7) is -0.380. The van der Waals surface area contributed by atoms with Gasteiger partial charge in [-0.2, -0.15) is 0 Å². The summed E-state index contributed by atoms with van der Waals surface area (Å²) in [5, 5.41) is 12.9. The molecule has 0 aromatic heterocycles. The quantitative estimate of drug-likeness (QED) is 0.724. The van der Waals surface area contributed by atoms with Gasteiger partial charge in [0, 0.05) is 6.54 Å². The molecule has 0 saturated carbocycles. The Morgan fingerprint density at radius 3 is 2.67 bits per heavy atom. The van der Waals surface area contributed by atoms with E-state index in [0.29, 0.717) is 5.56 Å². The molecule has 0 spiro atoms. The molecule has 1 aromatic rings. The standard InChI is InChI=1S/C11H13FN2O4/c1-18-9-3-2-7(4-8(9)12)5-13-11(17)14-6-10(15)16/h2-4H,5-6H2,1H3,(H,15,16)(H2,13,14,17). The first kappa shape index (κ1) is 13.8. The zero-order chi connectivity index (χ0) is 13.5. The van der Waals surface area contributed by atoms with Gasteiger partial charge < -0.3 is 20.5 Å². The summed E-state index contributed by atoms with van der Waals surface area (Å²) in [5.74, 6) is -1.54. The van der Waals surface area contributed by atoms with Crippen molar-refractivity contribution in [1.82, 2.24) is 10.6 Å². The maximum absolute atomic E-state index is 13.3. The van der Waals surface area contributed by atoms with Gasteiger partial charge in [-0.1, -0.05) is 6.07 Å². The number of benzene rings is 1. The molecular weight excluding hydrogens is 243 g/mol. The van der Waals surface area contributed by atoms with E-state index in [0.717, 1.165) is 0 Å². The van der Waals surface area contributed by atoms with Crippen molar-refractivity contribution in [2.24, 2.45) is 0 Å². The van der Waals surface area contributed by atoms with Crippen LogP contribution in [0.2, 0.25) is 0 Å². The number of hydrogen-bond acceptors (Lipinski definition) is 3. The Bertz CT molecular complexity index is 451. The normalized spacial score (nSPS) is 9.67. The van der Waals surface area contributed by atoms with E-state index in [-0.39, 0.29) is 12.3 Å². The Morgan fingerprint density at radius 1 is 1.39 bits per heavy atom. The summed E-state index contributed by atoms with van der Waals surface area (Å²) in [6, 6.07) is 3.64. The van der Waals surface area contributed by atoms with Gasteiger partial charge in [-0.25, -0.2) is 9.18 Å². The van der Waals surface area contributed by atoms with Gasteiger partial charge in [-0.15, -0.1) is 0 Å². The molecule has 1 rings (SSSR count). The van der Waals surface area contributed by atoms with Crippen LogP contribution in [-0.2, 0) is 11.3 Å². The van der Waals surface area contributed by atoms with E-state index in [9.17, 15) is 14.0 Å². The number of aliphatic carboxylic acids is 1. The first-order valence-corrected chi connectivity index (χ1v) is 5.09. The smallest absolute Gasteiger partial charge is 0.323 e. The fraction of sp³-hybridized carbons (Fsp3) is 0.273. The van der Waals surface area contributed by atoms with Crippen LogP contribution in [0.1, 0.15) is 5.56 Å². The molecule has 0 bridgehead atoms. The number of ether oxygens (including phenoxy) is 1. The molecular formula is C11H13FN2O4. The number of hydrogen-bond donors (Lipinski definition) is 3. The fourth-order valence-electron chi connectivity index (χ4n) is 1.22. The van der Waals surface area contributed by atoms with Crippen LogP contribution >= 0.6 is 0 Å². The zero-order valence-electron chi connectivity index (χ0n) is 9.70. The summed E-state index contributed by atoms with van der Waals surface area (Å²) in [6.07, 6.45) is 0. The van der Waals surface area contributed by atoms with Gasteiger partial charge in [0.2, 0.25) is 0 Å². The fourth-order valence-corrected chi connectivity index (χ4v) is 1.22. The molecule has 0 saturated heterocycles. The number of urea groups is 1. The number of rotatable bonds is 5. The third-order valence-electron chi connectivity index (χ3n) is 2.07. The molecule has 0 radical (unpaired) electrons. The molecule has 1 aromatic carbocycles. The van der Waals surface area contributed by atoms with Crippen molar-refractivity contribution in [3.8, 4) is 5.75 Å². The first-order chi connectivity index (χ1) is 8.52. The molecule has 2 amide bonds. The number of amides is 2. The number of carbonyl (C=O) groups is 2. The van der Waals surface area contributed by atoms with Crippen LogP contribution in [-0.4, -0.2) is 30.8 Å². The zero-order valence-corrected chi connectivity index (χ0v) is 9.70.